The van der Waals surface area contributed by atoms with Crippen molar-refractivity contribution in [1.29, 1.82) is 0 Å². The Morgan fingerprint density at radius 1 is 1.50 bits per heavy atom. The number of hydrogen-bond donors (Lipinski definition) is 2. The van der Waals surface area contributed by atoms with Gasteiger partial charge in [-0.25, -0.2) is 0 Å². The normalized spacial score (nSPS) is 10.2. The largest absolute Gasteiger partial charge is 0.365 e. The fraction of sp³-hybridized carbons (Fsp3) is 0.462. The van der Waals surface area contributed by atoms with Crippen molar-refractivity contribution < 1.29 is 4.79 Å². The smallest absolute Gasteiger partial charge is 0.239 e. The summed E-state index contributed by atoms with van der Waals surface area (Å²) >= 11 is 3.48. The molecule has 18 heavy (non-hydrogen) atoms. The summed E-state index contributed by atoms with van der Waals surface area (Å²) in [6, 6.07) is 5.87. The molecule has 1 aromatic carbocycles. The molecular formula is C13H20BrN3O. The highest BCUT2D eigenvalue weighted by atomic mass is 79.9. The van der Waals surface area contributed by atoms with Crippen LogP contribution in [0.25, 0.3) is 0 Å². The molecular weight excluding hydrogens is 294 g/mol. The molecule has 0 aliphatic carbocycles. The zero-order valence-electron chi connectivity index (χ0n) is 10.9. The number of halogens is 1. The van der Waals surface area contributed by atoms with Gasteiger partial charge in [0.05, 0.1) is 6.54 Å². The fourth-order valence-electron chi connectivity index (χ4n) is 1.73. The number of amides is 1. The van der Waals surface area contributed by atoms with Gasteiger partial charge in [-0.2, -0.15) is 0 Å². The predicted octanol–water partition coefficient (Wildman–Crippen LogP) is 1.87. The summed E-state index contributed by atoms with van der Waals surface area (Å²) in [5.74, 6) is 0.0299. The number of hydrogen-bond acceptors (Lipinski definition) is 3. The number of rotatable bonds is 6. The molecule has 0 spiro atoms. The zero-order chi connectivity index (χ0) is 13.5. The number of likely N-dealkylation sites (N-methyl/N-ethyl adjacent to an activating group) is 1. The predicted molar refractivity (Wildman–Crippen MR) is 78.6 cm³/mol. The van der Waals surface area contributed by atoms with Crippen molar-refractivity contribution in [1.82, 2.24) is 5.32 Å². The van der Waals surface area contributed by atoms with Crippen LogP contribution in [0, 0.1) is 0 Å². The third-order valence-electron chi connectivity index (χ3n) is 2.66. The SMILES string of the molecule is CCCNC(=O)CN(C)c1cccc(Br)c1CN. The first-order valence-corrected chi connectivity index (χ1v) is 6.84. The van der Waals surface area contributed by atoms with Crippen LogP contribution in [0.15, 0.2) is 22.7 Å². The molecule has 100 valence electrons. The molecule has 0 aromatic heterocycles. The van der Waals surface area contributed by atoms with Crippen LogP contribution >= 0.6 is 15.9 Å². The summed E-state index contributed by atoms with van der Waals surface area (Å²) in [5, 5.41) is 2.86. The highest BCUT2D eigenvalue weighted by molar-refractivity contribution is 9.10. The van der Waals surface area contributed by atoms with Gasteiger partial charge >= 0.3 is 0 Å². The molecule has 0 atom stereocenters. The van der Waals surface area contributed by atoms with Crippen LogP contribution in [0.2, 0.25) is 0 Å². The van der Waals surface area contributed by atoms with E-state index in [1.165, 1.54) is 0 Å². The summed E-state index contributed by atoms with van der Waals surface area (Å²) in [7, 11) is 1.90. The molecule has 4 nitrogen and oxygen atoms in total. The summed E-state index contributed by atoms with van der Waals surface area (Å²) in [4.78, 5) is 13.6. The van der Waals surface area contributed by atoms with Gasteiger partial charge in [-0.15, -0.1) is 0 Å². The minimum atomic E-state index is 0.0299. The van der Waals surface area contributed by atoms with E-state index in [4.69, 9.17) is 5.73 Å². The van der Waals surface area contributed by atoms with Crippen molar-refractivity contribution in [2.45, 2.75) is 19.9 Å². The molecule has 1 rings (SSSR count). The van der Waals surface area contributed by atoms with Gasteiger partial charge in [-0.3, -0.25) is 4.79 Å². The van der Waals surface area contributed by atoms with Crippen molar-refractivity contribution in [3.8, 4) is 0 Å². The van der Waals surface area contributed by atoms with E-state index in [0.717, 1.165) is 28.7 Å². The number of nitrogens with two attached hydrogens (primary N) is 1. The van der Waals surface area contributed by atoms with Crippen LogP contribution in [0.3, 0.4) is 0 Å². The Balaban J connectivity index is 2.75. The van der Waals surface area contributed by atoms with E-state index in [2.05, 4.69) is 21.2 Å². The molecule has 3 N–H and O–H groups in total. The molecule has 0 saturated carbocycles. The Morgan fingerprint density at radius 3 is 2.83 bits per heavy atom. The number of nitrogens with zero attached hydrogens (tertiary/aromatic N) is 1. The number of carbonyl (C=O) groups is 1. The lowest BCUT2D eigenvalue weighted by Gasteiger charge is -2.22. The first kappa shape index (κ1) is 15.0. The van der Waals surface area contributed by atoms with Gasteiger partial charge in [0, 0.05) is 35.9 Å². The summed E-state index contributed by atoms with van der Waals surface area (Å²) in [6.07, 6.45) is 0.945. The highest BCUT2D eigenvalue weighted by Crippen LogP contribution is 2.26. The Bertz CT molecular complexity index is 409. The van der Waals surface area contributed by atoms with Gasteiger partial charge < -0.3 is 16.0 Å². The van der Waals surface area contributed by atoms with Gasteiger partial charge in [-0.05, 0) is 18.6 Å². The lowest BCUT2D eigenvalue weighted by molar-refractivity contribution is -0.119. The summed E-state index contributed by atoms with van der Waals surface area (Å²) in [5.41, 5.74) is 7.74. The van der Waals surface area contributed by atoms with Crippen molar-refractivity contribution >= 4 is 27.5 Å². The molecule has 5 heteroatoms. The van der Waals surface area contributed by atoms with E-state index in [9.17, 15) is 4.79 Å². The molecule has 0 bridgehead atoms. The lowest BCUT2D eigenvalue weighted by Crippen LogP contribution is -2.36. The summed E-state index contributed by atoms with van der Waals surface area (Å²) < 4.78 is 0.975. The van der Waals surface area contributed by atoms with Crippen LogP contribution in [-0.2, 0) is 11.3 Å². The minimum Gasteiger partial charge on any atom is -0.365 e. The first-order valence-electron chi connectivity index (χ1n) is 6.05. The third-order valence-corrected chi connectivity index (χ3v) is 3.41. The standard InChI is InChI=1S/C13H20BrN3O/c1-3-7-16-13(18)9-17(2)12-6-4-5-11(14)10(12)8-15/h4-6H,3,7-9,15H2,1-2H3,(H,16,18). The van der Waals surface area contributed by atoms with Crippen LogP contribution in [-0.4, -0.2) is 26.0 Å². The molecule has 0 radical (unpaired) electrons. The minimum absolute atomic E-state index is 0.0299. The molecule has 1 amide bonds. The van der Waals surface area contributed by atoms with Crippen LogP contribution < -0.4 is 16.0 Å². The van der Waals surface area contributed by atoms with E-state index in [1.807, 2.05) is 37.1 Å². The second-order valence-electron chi connectivity index (χ2n) is 4.15. The van der Waals surface area contributed by atoms with E-state index in [0.29, 0.717) is 13.1 Å². The fourth-order valence-corrected chi connectivity index (χ4v) is 2.25. The maximum absolute atomic E-state index is 11.7. The van der Waals surface area contributed by atoms with Crippen molar-refractivity contribution in [3.63, 3.8) is 0 Å². The number of benzene rings is 1. The first-order chi connectivity index (χ1) is 8.60. The van der Waals surface area contributed by atoms with Gasteiger partial charge in [0.1, 0.15) is 0 Å². The molecule has 0 aliphatic rings. The summed E-state index contributed by atoms with van der Waals surface area (Å²) in [6.45, 7) is 3.53. The molecule has 1 aromatic rings. The van der Waals surface area contributed by atoms with Crippen molar-refractivity contribution in [2.75, 3.05) is 25.0 Å². The average Bonchev–Trinajstić information content (AvgIpc) is 2.35. The van der Waals surface area contributed by atoms with Gasteiger partial charge in [0.2, 0.25) is 5.91 Å². The quantitative estimate of drug-likeness (QED) is 0.843. The topological polar surface area (TPSA) is 58.4 Å². The van der Waals surface area contributed by atoms with Crippen molar-refractivity contribution in [3.05, 3.63) is 28.2 Å². The van der Waals surface area contributed by atoms with E-state index >= 15 is 0 Å². The van der Waals surface area contributed by atoms with Gasteiger partial charge in [0.25, 0.3) is 0 Å². The number of nitrogens with one attached hydrogen (secondary N) is 1. The third kappa shape index (κ3) is 3.99. The van der Waals surface area contributed by atoms with Crippen LogP contribution in [0.5, 0.6) is 0 Å². The molecule has 0 fully saturated rings. The van der Waals surface area contributed by atoms with E-state index < -0.39 is 0 Å². The molecule has 0 unspecified atom stereocenters. The maximum Gasteiger partial charge on any atom is 0.239 e. The van der Waals surface area contributed by atoms with Gasteiger partial charge in [-0.1, -0.05) is 28.9 Å². The average molecular weight is 314 g/mol. The van der Waals surface area contributed by atoms with E-state index in [-0.39, 0.29) is 5.91 Å². The Labute approximate surface area is 117 Å². The van der Waals surface area contributed by atoms with E-state index in [1.54, 1.807) is 0 Å². The number of carbonyl (C=O) groups excluding carboxylic acids is 1. The van der Waals surface area contributed by atoms with Gasteiger partial charge in [0.15, 0.2) is 0 Å². The molecule has 0 saturated heterocycles. The zero-order valence-corrected chi connectivity index (χ0v) is 12.5. The van der Waals surface area contributed by atoms with Crippen LogP contribution in [0.1, 0.15) is 18.9 Å². The maximum atomic E-state index is 11.7. The van der Waals surface area contributed by atoms with Crippen LogP contribution in [0.4, 0.5) is 5.69 Å². The monoisotopic (exact) mass is 313 g/mol. The second-order valence-corrected chi connectivity index (χ2v) is 5.00. The second kappa shape index (κ2) is 7.38. The Morgan fingerprint density at radius 2 is 2.22 bits per heavy atom. The highest BCUT2D eigenvalue weighted by Gasteiger charge is 2.12. The number of anilines is 1. The molecule has 0 aliphatic heterocycles. The lowest BCUT2D eigenvalue weighted by atomic mass is 10.1. The van der Waals surface area contributed by atoms with Crippen molar-refractivity contribution in [2.24, 2.45) is 5.73 Å². The Kier molecular flexibility index (Phi) is 6.15. The molecule has 0 heterocycles. The Hall–Kier alpha value is -1.07.